The number of piperidine rings is 1. The molecule has 1 N–H and O–H groups in total. The number of aromatic nitrogens is 2. The Bertz CT molecular complexity index is 1760. The normalized spacial score (nSPS) is 14.4. The number of halogens is 2. The number of nitrogens with zero attached hydrogens (tertiary/aromatic N) is 3. The average molecular weight is 617 g/mol. The maximum absolute atomic E-state index is 15.3. The number of anilines is 1. The minimum atomic E-state index is -3.84. The maximum atomic E-state index is 15.3. The lowest BCUT2D eigenvalue weighted by Gasteiger charge is -2.26. The van der Waals surface area contributed by atoms with E-state index in [1.54, 1.807) is 13.0 Å². The van der Waals surface area contributed by atoms with E-state index in [0.717, 1.165) is 49.3 Å². The van der Waals surface area contributed by atoms with Gasteiger partial charge >= 0.3 is 0 Å². The molecule has 1 saturated heterocycles. The van der Waals surface area contributed by atoms with Crippen molar-refractivity contribution in [3.63, 3.8) is 0 Å². The Morgan fingerprint density at radius 2 is 1.88 bits per heavy atom. The summed E-state index contributed by atoms with van der Waals surface area (Å²) in [6, 6.07) is 12.2. The number of hydrogen-bond donors (Lipinski definition) is 1. The van der Waals surface area contributed by atoms with Crippen molar-refractivity contribution >= 4 is 55.1 Å². The van der Waals surface area contributed by atoms with Gasteiger partial charge < -0.3 is 10.2 Å². The SMILES string of the molecule is Cc1nc2cc(NCCN3CCCCC3)ccc2c(=O)n1-c1ccc(CC(=O)CS(=O)(=O)c2ccc(Cl)s2)cc1F. The molecule has 0 spiro atoms. The van der Waals surface area contributed by atoms with Crippen LogP contribution in [-0.4, -0.2) is 60.6 Å². The van der Waals surface area contributed by atoms with E-state index in [-0.39, 0.29) is 16.3 Å². The van der Waals surface area contributed by atoms with Crippen LogP contribution in [0.2, 0.25) is 4.34 Å². The van der Waals surface area contributed by atoms with Crippen LogP contribution in [0.25, 0.3) is 16.6 Å². The molecule has 2 aromatic heterocycles. The van der Waals surface area contributed by atoms with Crippen molar-refractivity contribution in [1.82, 2.24) is 14.5 Å². The van der Waals surface area contributed by atoms with Gasteiger partial charge in [-0.25, -0.2) is 17.8 Å². The molecule has 1 aliphatic rings. The number of likely N-dealkylation sites (tertiary alicyclic amines) is 1. The summed E-state index contributed by atoms with van der Waals surface area (Å²) in [6.45, 7) is 5.62. The number of carbonyl (C=O) groups is 1. The number of ketones is 1. The lowest BCUT2D eigenvalue weighted by atomic mass is 10.1. The minimum absolute atomic E-state index is 0.00248. The number of aryl methyl sites for hydroxylation is 1. The third kappa shape index (κ3) is 6.86. The Balaban J connectivity index is 1.30. The smallest absolute Gasteiger partial charge is 0.266 e. The van der Waals surface area contributed by atoms with Crippen molar-refractivity contribution in [3.05, 3.63) is 80.4 Å². The largest absolute Gasteiger partial charge is 0.384 e. The second kappa shape index (κ2) is 12.4. The standard InChI is InChI=1S/C29H30ClFN4O4S2/c1-19-33-25-17-21(32-11-14-34-12-3-2-4-13-34)6-7-23(25)29(37)35(19)26-8-5-20(16-24(26)31)15-22(36)18-41(38,39)28-10-9-27(30)40-28/h5-10,16-17,32H,2-4,11-15,18H2,1H3. The first-order chi connectivity index (χ1) is 19.6. The monoisotopic (exact) mass is 616 g/mol. The highest BCUT2D eigenvalue weighted by Gasteiger charge is 2.22. The molecule has 2 aromatic carbocycles. The summed E-state index contributed by atoms with van der Waals surface area (Å²) in [5, 5.41) is 3.76. The van der Waals surface area contributed by atoms with E-state index in [4.69, 9.17) is 11.6 Å². The fraction of sp³-hybridized carbons (Fsp3) is 0.345. The van der Waals surface area contributed by atoms with Gasteiger partial charge in [0.05, 0.1) is 20.9 Å². The van der Waals surface area contributed by atoms with Gasteiger partial charge in [-0.1, -0.05) is 24.1 Å². The zero-order chi connectivity index (χ0) is 29.1. The van der Waals surface area contributed by atoms with Crippen molar-refractivity contribution in [2.75, 3.05) is 37.2 Å². The van der Waals surface area contributed by atoms with Crippen LogP contribution in [0.4, 0.5) is 10.1 Å². The van der Waals surface area contributed by atoms with Gasteiger partial charge in [0.25, 0.3) is 5.56 Å². The molecule has 0 atom stereocenters. The van der Waals surface area contributed by atoms with Crippen LogP contribution in [0, 0.1) is 12.7 Å². The molecular formula is C29H30ClFN4O4S2. The van der Waals surface area contributed by atoms with E-state index in [9.17, 15) is 18.0 Å². The molecule has 12 heteroatoms. The lowest BCUT2D eigenvalue weighted by molar-refractivity contribution is -0.116. The molecule has 41 heavy (non-hydrogen) atoms. The van der Waals surface area contributed by atoms with Gasteiger partial charge in [0.1, 0.15) is 21.6 Å². The summed E-state index contributed by atoms with van der Waals surface area (Å²) in [6.07, 6.45) is 3.50. The highest BCUT2D eigenvalue weighted by atomic mass is 35.5. The summed E-state index contributed by atoms with van der Waals surface area (Å²) >= 11 is 6.69. The predicted octanol–water partition coefficient (Wildman–Crippen LogP) is 5.03. The number of hydrogen-bond acceptors (Lipinski definition) is 8. The summed E-state index contributed by atoms with van der Waals surface area (Å²) in [5.41, 5.74) is 1.28. The Morgan fingerprint density at radius 1 is 1.10 bits per heavy atom. The molecule has 5 rings (SSSR count). The van der Waals surface area contributed by atoms with E-state index < -0.39 is 32.7 Å². The molecule has 0 bridgehead atoms. The van der Waals surface area contributed by atoms with Gasteiger partial charge in [-0.2, -0.15) is 0 Å². The van der Waals surface area contributed by atoms with Crippen molar-refractivity contribution < 1.29 is 17.6 Å². The summed E-state index contributed by atoms with van der Waals surface area (Å²) in [5.74, 6) is -1.69. The number of nitrogens with one attached hydrogen (secondary N) is 1. The molecule has 1 aliphatic heterocycles. The van der Waals surface area contributed by atoms with Crippen molar-refractivity contribution in [2.45, 2.75) is 36.8 Å². The first-order valence-electron chi connectivity index (χ1n) is 13.4. The van der Waals surface area contributed by atoms with Gasteiger partial charge in [0.2, 0.25) is 0 Å². The number of rotatable bonds is 10. The van der Waals surface area contributed by atoms with Gasteiger partial charge in [0.15, 0.2) is 15.6 Å². The molecule has 0 aliphatic carbocycles. The Hall–Kier alpha value is -3.12. The van der Waals surface area contributed by atoms with E-state index >= 15 is 4.39 Å². The summed E-state index contributed by atoms with van der Waals surface area (Å²) in [4.78, 5) is 32.9. The number of carbonyl (C=O) groups excluding carboxylic acids is 1. The zero-order valence-corrected chi connectivity index (χ0v) is 24.9. The molecule has 0 unspecified atom stereocenters. The second-order valence-electron chi connectivity index (χ2n) is 10.2. The van der Waals surface area contributed by atoms with Crippen LogP contribution in [0.1, 0.15) is 30.7 Å². The molecule has 4 aromatic rings. The average Bonchev–Trinajstić information content (AvgIpc) is 3.37. The fourth-order valence-corrected chi connectivity index (χ4v) is 7.91. The predicted molar refractivity (Wildman–Crippen MR) is 161 cm³/mol. The van der Waals surface area contributed by atoms with E-state index in [1.165, 1.54) is 48.1 Å². The summed E-state index contributed by atoms with van der Waals surface area (Å²) in [7, 11) is -3.84. The van der Waals surface area contributed by atoms with Crippen LogP contribution in [0.3, 0.4) is 0 Å². The number of sulfone groups is 1. The Labute approximate surface area is 246 Å². The number of benzene rings is 2. The Morgan fingerprint density at radius 3 is 2.59 bits per heavy atom. The number of fused-ring (bicyclic) bond motifs is 1. The molecular weight excluding hydrogens is 587 g/mol. The van der Waals surface area contributed by atoms with E-state index in [1.807, 2.05) is 12.1 Å². The molecule has 3 heterocycles. The molecule has 0 saturated carbocycles. The Kier molecular flexibility index (Phi) is 8.88. The first kappa shape index (κ1) is 29.4. The van der Waals surface area contributed by atoms with Crippen LogP contribution in [0.5, 0.6) is 0 Å². The van der Waals surface area contributed by atoms with Gasteiger partial charge in [-0.3, -0.25) is 14.2 Å². The molecule has 216 valence electrons. The highest BCUT2D eigenvalue weighted by molar-refractivity contribution is 7.94. The second-order valence-corrected chi connectivity index (χ2v) is 14.1. The summed E-state index contributed by atoms with van der Waals surface area (Å²) < 4.78 is 41.7. The molecule has 0 amide bonds. The van der Waals surface area contributed by atoms with Crippen LogP contribution >= 0.6 is 22.9 Å². The van der Waals surface area contributed by atoms with Crippen LogP contribution in [-0.2, 0) is 21.1 Å². The third-order valence-corrected chi connectivity index (χ3v) is 10.6. The topological polar surface area (TPSA) is 101 Å². The van der Waals surface area contributed by atoms with Gasteiger partial charge in [-0.05, 0) is 80.9 Å². The van der Waals surface area contributed by atoms with Crippen molar-refractivity contribution in [1.29, 1.82) is 0 Å². The highest BCUT2D eigenvalue weighted by Crippen LogP contribution is 2.27. The van der Waals surface area contributed by atoms with Gasteiger partial charge in [0, 0.05) is 25.2 Å². The van der Waals surface area contributed by atoms with Crippen LogP contribution < -0.4 is 10.9 Å². The van der Waals surface area contributed by atoms with E-state index in [0.29, 0.717) is 26.6 Å². The number of Topliss-reactive ketones (excluding diaryl/α,β-unsaturated/α-hetero) is 1. The van der Waals surface area contributed by atoms with Crippen molar-refractivity contribution in [3.8, 4) is 5.69 Å². The number of thiophene rings is 1. The molecule has 1 fully saturated rings. The van der Waals surface area contributed by atoms with Gasteiger partial charge in [-0.15, -0.1) is 11.3 Å². The first-order valence-corrected chi connectivity index (χ1v) is 16.2. The third-order valence-electron chi connectivity index (χ3n) is 7.10. The fourth-order valence-electron chi connectivity index (χ4n) is 5.10. The minimum Gasteiger partial charge on any atom is -0.384 e. The lowest BCUT2D eigenvalue weighted by Crippen LogP contribution is -2.33. The molecule has 0 radical (unpaired) electrons. The molecule has 8 nitrogen and oxygen atoms in total. The van der Waals surface area contributed by atoms with Crippen molar-refractivity contribution in [2.24, 2.45) is 0 Å². The quantitative estimate of drug-likeness (QED) is 0.267. The maximum Gasteiger partial charge on any atom is 0.266 e. The van der Waals surface area contributed by atoms with Crippen LogP contribution in [0.15, 0.2) is 57.5 Å². The van der Waals surface area contributed by atoms with E-state index in [2.05, 4.69) is 15.2 Å². The zero-order valence-electron chi connectivity index (χ0n) is 22.5.